The minimum atomic E-state index is 0.311. The first-order chi connectivity index (χ1) is 6.98. The van der Waals surface area contributed by atoms with E-state index in [9.17, 15) is 0 Å². The first kappa shape index (κ1) is 11.3. The molecule has 2 aliphatic rings. The van der Waals surface area contributed by atoms with E-state index in [4.69, 9.17) is 12.2 Å². The van der Waals surface area contributed by atoms with Crippen molar-refractivity contribution in [3.63, 3.8) is 0 Å². The van der Waals surface area contributed by atoms with Crippen molar-refractivity contribution >= 4 is 17.2 Å². The maximum atomic E-state index is 5.44. The van der Waals surface area contributed by atoms with Crippen LogP contribution >= 0.6 is 12.2 Å². The molecule has 2 nitrogen and oxygen atoms in total. The molecule has 0 saturated carbocycles. The van der Waals surface area contributed by atoms with E-state index in [-0.39, 0.29) is 0 Å². The van der Waals surface area contributed by atoms with Crippen molar-refractivity contribution in [3.05, 3.63) is 0 Å². The third kappa shape index (κ3) is 2.34. The van der Waals surface area contributed by atoms with Gasteiger partial charge in [0.05, 0.1) is 4.99 Å². The van der Waals surface area contributed by atoms with Gasteiger partial charge in [-0.2, -0.15) is 0 Å². The van der Waals surface area contributed by atoms with Gasteiger partial charge in [0.15, 0.2) is 0 Å². The summed E-state index contributed by atoms with van der Waals surface area (Å²) in [5.41, 5.74) is 0.311. The number of hydrogen-bond donors (Lipinski definition) is 0. The van der Waals surface area contributed by atoms with Crippen LogP contribution in [0, 0.1) is 0 Å². The summed E-state index contributed by atoms with van der Waals surface area (Å²) in [4.78, 5) is 6.28. The zero-order valence-corrected chi connectivity index (χ0v) is 10.9. The zero-order chi connectivity index (χ0) is 11.1. The fraction of sp³-hybridized carbons (Fsp3) is 0.917. The Morgan fingerprint density at radius 1 is 1.27 bits per heavy atom. The van der Waals surface area contributed by atoms with Crippen LogP contribution < -0.4 is 0 Å². The molecule has 2 aliphatic heterocycles. The number of fused-ring (bicyclic) bond motifs is 1. The molecule has 0 aliphatic carbocycles. The molecule has 0 spiro atoms. The second-order valence-electron chi connectivity index (χ2n) is 5.75. The highest BCUT2D eigenvalue weighted by Crippen LogP contribution is 2.26. The van der Waals surface area contributed by atoms with E-state index < -0.39 is 0 Å². The molecule has 86 valence electrons. The lowest BCUT2D eigenvalue weighted by Crippen LogP contribution is -2.60. The van der Waals surface area contributed by atoms with E-state index in [1.807, 2.05) is 0 Å². The smallest absolute Gasteiger partial charge is 0.0782 e. The van der Waals surface area contributed by atoms with Crippen molar-refractivity contribution in [2.75, 3.05) is 19.6 Å². The first-order valence-corrected chi connectivity index (χ1v) is 6.44. The largest absolute Gasteiger partial charge is 0.361 e. The van der Waals surface area contributed by atoms with Gasteiger partial charge in [-0.15, -0.1) is 0 Å². The van der Waals surface area contributed by atoms with Crippen LogP contribution in [0.4, 0.5) is 0 Å². The topological polar surface area (TPSA) is 6.48 Å². The number of piperazine rings is 1. The second kappa shape index (κ2) is 4.02. The normalized spacial score (nSPS) is 29.1. The van der Waals surface area contributed by atoms with Crippen LogP contribution in [0.5, 0.6) is 0 Å². The van der Waals surface area contributed by atoms with Crippen molar-refractivity contribution in [1.29, 1.82) is 0 Å². The molecule has 2 saturated heterocycles. The Morgan fingerprint density at radius 2 is 2.00 bits per heavy atom. The van der Waals surface area contributed by atoms with Gasteiger partial charge in [-0.1, -0.05) is 12.2 Å². The standard InChI is InChI=1S/C12H22N2S/c1-12(2,3)13-7-8-14-10(9-13)5-4-6-11(14)15/h10H,4-9H2,1-3H3/t10-/m0/s1. The fourth-order valence-corrected chi connectivity index (χ4v) is 3.06. The summed E-state index contributed by atoms with van der Waals surface area (Å²) >= 11 is 5.44. The van der Waals surface area contributed by atoms with Crippen molar-refractivity contribution in [3.8, 4) is 0 Å². The minimum Gasteiger partial charge on any atom is -0.361 e. The third-order valence-electron chi connectivity index (χ3n) is 3.68. The molecule has 2 fully saturated rings. The summed E-state index contributed by atoms with van der Waals surface area (Å²) in [6, 6.07) is 0.694. The molecule has 1 atom stereocenters. The maximum Gasteiger partial charge on any atom is 0.0782 e. The van der Waals surface area contributed by atoms with E-state index in [0.717, 1.165) is 13.0 Å². The average Bonchev–Trinajstić information content (AvgIpc) is 2.16. The molecule has 0 N–H and O–H groups in total. The monoisotopic (exact) mass is 226 g/mol. The van der Waals surface area contributed by atoms with E-state index in [2.05, 4.69) is 30.6 Å². The quantitative estimate of drug-likeness (QED) is 0.585. The number of nitrogens with zero attached hydrogens (tertiary/aromatic N) is 2. The molecule has 2 rings (SSSR count). The van der Waals surface area contributed by atoms with E-state index in [0.29, 0.717) is 11.6 Å². The van der Waals surface area contributed by atoms with Gasteiger partial charge >= 0.3 is 0 Å². The fourth-order valence-electron chi connectivity index (χ4n) is 2.67. The van der Waals surface area contributed by atoms with Gasteiger partial charge < -0.3 is 4.90 Å². The Labute approximate surface area is 98.6 Å². The first-order valence-electron chi connectivity index (χ1n) is 6.03. The van der Waals surface area contributed by atoms with Crippen molar-refractivity contribution in [1.82, 2.24) is 9.80 Å². The Bertz CT molecular complexity index is 257. The summed E-state index contributed by atoms with van der Waals surface area (Å²) < 4.78 is 0. The predicted molar refractivity (Wildman–Crippen MR) is 68.3 cm³/mol. The molecule has 0 aromatic rings. The highest BCUT2D eigenvalue weighted by Gasteiger charge is 2.34. The van der Waals surface area contributed by atoms with Gasteiger partial charge in [-0.25, -0.2) is 0 Å². The Kier molecular flexibility index (Phi) is 3.04. The van der Waals surface area contributed by atoms with E-state index >= 15 is 0 Å². The van der Waals surface area contributed by atoms with Crippen molar-refractivity contribution in [2.24, 2.45) is 0 Å². The van der Waals surface area contributed by atoms with Crippen LogP contribution in [-0.2, 0) is 0 Å². The summed E-state index contributed by atoms with van der Waals surface area (Å²) in [5.74, 6) is 0. The number of rotatable bonds is 0. The van der Waals surface area contributed by atoms with Gasteiger partial charge in [0, 0.05) is 31.2 Å². The third-order valence-corrected chi connectivity index (χ3v) is 4.12. The lowest BCUT2D eigenvalue weighted by atomic mass is 9.96. The van der Waals surface area contributed by atoms with Gasteiger partial charge in [-0.05, 0) is 40.0 Å². The highest BCUT2D eigenvalue weighted by atomic mass is 32.1. The SMILES string of the molecule is CC(C)(C)N1CCN2C(=S)CCC[C@H]2C1. The Morgan fingerprint density at radius 3 is 2.67 bits per heavy atom. The van der Waals surface area contributed by atoms with Crippen LogP contribution in [0.15, 0.2) is 0 Å². The highest BCUT2D eigenvalue weighted by molar-refractivity contribution is 7.80. The maximum absolute atomic E-state index is 5.44. The van der Waals surface area contributed by atoms with E-state index in [1.54, 1.807) is 0 Å². The van der Waals surface area contributed by atoms with E-state index in [1.165, 1.54) is 30.9 Å². The number of piperidine rings is 1. The predicted octanol–water partition coefficient (Wildman–Crippen LogP) is 2.28. The molecule has 0 radical (unpaired) electrons. The molecule has 2 heterocycles. The van der Waals surface area contributed by atoms with Gasteiger partial charge in [0.1, 0.15) is 0 Å². The molecular formula is C12H22N2S. The number of hydrogen-bond acceptors (Lipinski definition) is 2. The van der Waals surface area contributed by atoms with Gasteiger partial charge in [-0.3, -0.25) is 4.90 Å². The average molecular weight is 226 g/mol. The molecule has 0 aromatic carbocycles. The van der Waals surface area contributed by atoms with Crippen LogP contribution in [0.3, 0.4) is 0 Å². The van der Waals surface area contributed by atoms with Gasteiger partial charge in [0.2, 0.25) is 0 Å². The van der Waals surface area contributed by atoms with Crippen LogP contribution in [0.2, 0.25) is 0 Å². The molecule has 3 heteroatoms. The summed E-state index contributed by atoms with van der Waals surface area (Å²) in [7, 11) is 0. The molecule has 15 heavy (non-hydrogen) atoms. The van der Waals surface area contributed by atoms with Crippen LogP contribution in [0.1, 0.15) is 40.0 Å². The lowest BCUT2D eigenvalue weighted by molar-refractivity contribution is 0.0459. The summed E-state index contributed by atoms with van der Waals surface area (Å²) in [6.45, 7) is 10.4. The molecule has 0 aromatic heterocycles. The molecule has 0 unspecified atom stereocenters. The lowest BCUT2D eigenvalue weighted by Gasteiger charge is -2.49. The molecule has 0 amide bonds. The second-order valence-corrected chi connectivity index (χ2v) is 6.22. The van der Waals surface area contributed by atoms with Crippen LogP contribution in [-0.4, -0.2) is 46.0 Å². The summed E-state index contributed by atoms with van der Waals surface area (Å²) in [5, 5.41) is 0. The van der Waals surface area contributed by atoms with Gasteiger partial charge in [0.25, 0.3) is 0 Å². The minimum absolute atomic E-state index is 0.311. The summed E-state index contributed by atoms with van der Waals surface area (Å²) in [6.07, 6.45) is 3.76. The molecular weight excluding hydrogens is 204 g/mol. The van der Waals surface area contributed by atoms with Crippen molar-refractivity contribution < 1.29 is 0 Å². The molecule has 0 bridgehead atoms. The Hall–Kier alpha value is -0.150. The van der Waals surface area contributed by atoms with Crippen molar-refractivity contribution in [2.45, 2.75) is 51.6 Å². The Balaban J connectivity index is 2.03. The zero-order valence-electron chi connectivity index (χ0n) is 10.1. The van der Waals surface area contributed by atoms with Crippen LogP contribution in [0.25, 0.3) is 0 Å². The number of thiocarbonyl (C=S) groups is 1.